The number of nitrogen functional groups attached to an aromatic ring is 1. The zero-order valence-corrected chi connectivity index (χ0v) is 53.2. The molecule has 2 unspecified atom stereocenters. The highest BCUT2D eigenvalue weighted by molar-refractivity contribution is 5.98. The molecular weight excluding hydrogens is 1140 g/mol. The zero-order valence-electron chi connectivity index (χ0n) is 53.2. The summed E-state index contributed by atoms with van der Waals surface area (Å²) in [5, 5.41) is 18.7. The molecule has 18 heteroatoms. The van der Waals surface area contributed by atoms with E-state index in [9.17, 15) is 33.9 Å². The third-order valence-electron chi connectivity index (χ3n) is 14.9. The van der Waals surface area contributed by atoms with Gasteiger partial charge in [-0.05, 0) is 185 Å². The number of carbonyl (C=O) groups excluding carboxylic acids is 5. The number of unbranched alkanes of at least 4 members (excludes halogenated alkanes) is 8. The van der Waals surface area contributed by atoms with Crippen molar-refractivity contribution in [3.05, 3.63) is 167 Å². The van der Waals surface area contributed by atoms with Gasteiger partial charge in [-0.15, -0.1) is 0 Å². The number of anilines is 2. The largest absolute Gasteiger partial charge is 0.494 e. The number of hydrogen-bond donors (Lipinski definition) is 5. The number of nitrogens with one attached hydrogen (secondary N) is 3. The van der Waals surface area contributed by atoms with E-state index in [-0.39, 0.29) is 30.1 Å². The Morgan fingerprint density at radius 2 is 0.956 bits per heavy atom. The van der Waals surface area contributed by atoms with E-state index in [1.807, 2.05) is 12.1 Å². The van der Waals surface area contributed by atoms with Crippen LogP contribution < -0.4 is 50.1 Å². The first kappa shape index (κ1) is 70.0. The number of carboxylic acid groups (broad SMARTS) is 1. The van der Waals surface area contributed by atoms with Crippen molar-refractivity contribution in [2.45, 2.75) is 155 Å². The zero-order chi connectivity index (χ0) is 64.8. The number of rotatable bonds is 33. The molecule has 6 aromatic rings. The lowest BCUT2D eigenvalue weighted by Gasteiger charge is -2.25. The number of carboxylic acids is 1. The van der Waals surface area contributed by atoms with E-state index >= 15 is 0 Å². The number of methoxy groups -OCH3 is 2. The molecular formula is C72H90N4O14. The van der Waals surface area contributed by atoms with Crippen molar-refractivity contribution >= 4 is 47.1 Å². The maximum atomic E-state index is 13.1. The van der Waals surface area contributed by atoms with Gasteiger partial charge in [0.15, 0.2) is 23.0 Å². The van der Waals surface area contributed by atoms with Gasteiger partial charge in [0.2, 0.25) is 0 Å². The Labute approximate surface area is 529 Å². The second-order valence-electron chi connectivity index (χ2n) is 23.4. The summed E-state index contributed by atoms with van der Waals surface area (Å²) in [5.41, 5.74) is 9.13. The van der Waals surface area contributed by atoms with Crippen molar-refractivity contribution < 1.29 is 67.0 Å². The first-order chi connectivity index (χ1) is 43.3. The average molecular weight is 1240 g/mol. The van der Waals surface area contributed by atoms with E-state index in [2.05, 4.69) is 29.8 Å². The topological polar surface area (TPSA) is 249 Å². The molecule has 7 rings (SSSR count). The summed E-state index contributed by atoms with van der Waals surface area (Å²) in [6.07, 6.45) is 16.7. The number of carbonyl (C=O) groups is 6. The molecule has 0 bridgehead atoms. The SMILES string of the molecule is CCCCCCCOc1ccc(C(=O)Oc2ccc(CC(NC(=O)c3ccc(N)cc3)C(=O)OC(C)(C)C)cc2OC)cc1.CCCCCCCOc1ccc(C(=O)Oc2ccc(CC(NC(=O)c3ccc(NCC4CCCC4)cc3)C(=O)O)cc2OC)cc1. The Bertz CT molecular complexity index is 3230. The molecule has 1 aliphatic carbocycles. The van der Waals surface area contributed by atoms with Crippen LogP contribution in [0.25, 0.3) is 0 Å². The lowest BCUT2D eigenvalue weighted by atomic mass is 10.0. The monoisotopic (exact) mass is 1230 g/mol. The van der Waals surface area contributed by atoms with Crippen LogP contribution in [0.15, 0.2) is 133 Å². The second kappa shape index (κ2) is 36.4. The number of ether oxygens (including phenoxy) is 7. The van der Waals surface area contributed by atoms with Crippen LogP contribution in [0.4, 0.5) is 11.4 Å². The number of hydrogen-bond acceptors (Lipinski definition) is 15. The molecule has 90 heavy (non-hydrogen) atoms. The number of benzene rings is 6. The first-order valence-corrected chi connectivity index (χ1v) is 31.4. The van der Waals surface area contributed by atoms with Crippen molar-refractivity contribution in [2.24, 2.45) is 5.92 Å². The summed E-state index contributed by atoms with van der Waals surface area (Å²) in [6.45, 7) is 11.8. The van der Waals surface area contributed by atoms with Crippen LogP contribution in [0.5, 0.6) is 34.5 Å². The Hall–Kier alpha value is -9.06. The molecule has 1 saturated carbocycles. The predicted octanol–water partition coefficient (Wildman–Crippen LogP) is 13.8. The van der Waals surface area contributed by atoms with Gasteiger partial charge < -0.3 is 59.9 Å². The third-order valence-corrected chi connectivity index (χ3v) is 14.9. The van der Waals surface area contributed by atoms with Gasteiger partial charge in [-0.25, -0.2) is 19.2 Å². The van der Waals surface area contributed by atoms with Gasteiger partial charge in [-0.1, -0.05) is 90.2 Å². The van der Waals surface area contributed by atoms with E-state index in [4.69, 9.17) is 38.9 Å². The highest BCUT2D eigenvalue weighted by atomic mass is 16.6. The minimum atomic E-state index is -1.18. The molecule has 482 valence electrons. The number of amides is 2. The minimum absolute atomic E-state index is 0.00670. The van der Waals surface area contributed by atoms with Gasteiger partial charge in [0.05, 0.1) is 38.6 Å². The fourth-order valence-corrected chi connectivity index (χ4v) is 9.90. The van der Waals surface area contributed by atoms with Crippen molar-refractivity contribution in [1.29, 1.82) is 0 Å². The molecule has 0 spiro atoms. The molecule has 6 N–H and O–H groups in total. The third kappa shape index (κ3) is 23.8. The molecule has 18 nitrogen and oxygen atoms in total. The van der Waals surface area contributed by atoms with Crippen LogP contribution in [0.3, 0.4) is 0 Å². The fraction of sp³-hybridized carbons (Fsp3) is 0.417. The van der Waals surface area contributed by atoms with Crippen LogP contribution in [0.2, 0.25) is 0 Å². The average Bonchev–Trinajstić information content (AvgIpc) is 2.39. The van der Waals surface area contributed by atoms with E-state index in [1.165, 1.54) is 78.4 Å². The van der Waals surface area contributed by atoms with Crippen LogP contribution >= 0.6 is 0 Å². The summed E-state index contributed by atoms with van der Waals surface area (Å²) in [5.74, 6) is -0.729. The smallest absolute Gasteiger partial charge is 0.343 e. The minimum Gasteiger partial charge on any atom is -0.494 e. The second-order valence-corrected chi connectivity index (χ2v) is 23.4. The first-order valence-electron chi connectivity index (χ1n) is 31.4. The summed E-state index contributed by atoms with van der Waals surface area (Å²) in [7, 11) is 2.90. The van der Waals surface area contributed by atoms with Crippen molar-refractivity contribution in [2.75, 3.05) is 45.0 Å². The Balaban J connectivity index is 0.000000287. The van der Waals surface area contributed by atoms with Crippen molar-refractivity contribution in [1.82, 2.24) is 10.6 Å². The quantitative estimate of drug-likeness (QED) is 0.0111. The summed E-state index contributed by atoms with van der Waals surface area (Å²) >= 11 is 0. The molecule has 0 heterocycles. The number of aliphatic carboxylic acids is 1. The molecule has 1 aliphatic rings. The molecule has 2 amide bonds. The van der Waals surface area contributed by atoms with E-state index in [0.717, 1.165) is 37.9 Å². The molecule has 0 aromatic heterocycles. The van der Waals surface area contributed by atoms with Gasteiger partial charge in [0.1, 0.15) is 29.2 Å². The maximum absolute atomic E-state index is 13.1. The maximum Gasteiger partial charge on any atom is 0.343 e. The Kier molecular flexibility index (Phi) is 28.3. The van der Waals surface area contributed by atoms with Gasteiger partial charge >= 0.3 is 23.9 Å². The Morgan fingerprint density at radius 1 is 0.533 bits per heavy atom. The van der Waals surface area contributed by atoms with E-state index in [1.54, 1.807) is 142 Å². The fourth-order valence-electron chi connectivity index (χ4n) is 9.90. The highest BCUT2D eigenvalue weighted by Gasteiger charge is 2.29. The predicted molar refractivity (Wildman–Crippen MR) is 348 cm³/mol. The standard InChI is InChI=1S/C37H46N2O7.C35H44N2O7/c1-3-4-5-6-9-22-45-31-19-15-29(16-20-31)37(43)46-33-21-12-27(24-34(33)44-2)23-32(36(41)42)39-35(40)28-13-17-30(18-14-28)38-25-26-10-7-8-11-26;1-6-7-8-9-10-21-42-28-18-14-26(15-19-28)33(39)43-30-20-11-24(23-31(30)41-5)22-29(34(40)44-35(2,3)4)37-32(38)25-12-16-27(36)17-13-25/h12-21,24,26,32,38H,3-11,22-23,25H2,1-2H3,(H,39,40)(H,41,42);11-20,23,29H,6-10,21-22,36H2,1-5H3,(H,37,38). The summed E-state index contributed by atoms with van der Waals surface area (Å²) < 4.78 is 39.3. The Morgan fingerprint density at radius 3 is 1.39 bits per heavy atom. The number of esters is 3. The van der Waals surface area contributed by atoms with Gasteiger partial charge in [-0.2, -0.15) is 0 Å². The normalized spacial score (nSPS) is 12.7. The van der Waals surface area contributed by atoms with Gasteiger partial charge in [-0.3, -0.25) is 9.59 Å². The summed E-state index contributed by atoms with van der Waals surface area (Å²) in [6, 6.07) is 34.6. The van der Waals surface area contributed by atoms with Crippen LogP contribution in [-0.4, -0.2) is 92.5 Å². The van der Waals surface area contributed by atoms with Crippen LogP contribution in [0, 0.1) is 5.92 Å². The lowest BCUT2D eigenvalue weighted by Crippen LogP contribution is -2.45. The summed E-state index contributed by atoms with van der Waals surface area (Å²) in [4.78, 5) is 76.7. The highest BCUT2D eigenvalue weighted by Crippen LogP contribution is 2.32. The van der Waals surface area contributed by atoms with Crippen LogP contribution in [0.1, 0.15) is 177 Å². The molecule has 1 fully saturated rings. The molecule has 0 saturated heterocycles. The van der Waals surface area contributed by atoms with E-state index < -0.39 is 53.4 Å². The van der Waals surface area contributed by atoms with Crippen molar-refractivity contribution in [3.63, 3.8) is 0 Å². The van der Waals surface area contributed by atoms with Crippen molar-refractivity contribution in [3.8, 4) is 34.5 Å². The van der Waals surface area contributed by atoms with Gasteiger partial charge in [0, 0.05) is 41.9 Å². The molecule has 0 radical (unpaired) electrons. The van der Waals surface area contributed by atoms with Gasteiger partial charge in [0.25, 0.3) is 11.8 Å². The molecule has 6 aromatic carbocycles. The van der Waals surface area contributed by atoms with E-state index in [0.29, 0.717) is 75.4 Å². The number of nitrogens with two attached hydrogens (primary N) is 1. The molecule has 2 atom stereocenters. The van der Waals surface area contributed by atoms with Crippen LogP contribution in [-0.2, 0) is 27.2 Å². The molecule has 0 aliphatic heterocycles. The lowest BCUT2D eigenvalue weighted by molar-refractivity contribution is -0.157.